The zero-order valence-electron chi connectivity index (χ0n) is 18.0. The van der Waals surface area contributed by atoms with Gasteiger partial charge in [-0.15, -0.1) is 0 Å². The predicted molar refractivity (Wildman–Crippen MR) is 121 cm³/mol. The Labute approximate surface area is 183 Å². The van der Waals surface area contributed by atoms with Crippen LogP contribution in [0.25, 0.3) is 11.0 Å². The SMILES string of the molecule is O=C(c1ccc(OC2CCN(Cc3cc4ccccc4o3)CC2)cc1)N1CCCCC1. The largest absolute Gasteiger partial charge is 0.490 e. The number of nitrogens with zero attached hydrogens (tertiary/aromatic N) is 2. The highest BCUT2D eigenvalue weighted by atomic mass is 16.5. The van der Waals surface area contributed by atoms with E-state index in [0.717, 1.165) is 86.4 Å². The molecular weight excluding hydrogens is 388 g/mol. The normalized spacial score (nSPS) is 18.4. The average Bonchev–Trinajstić information content (AvgIpc) is 3.23. The second-order valence-electron chi connectivity index (χ2n) is 8.72. The molecule has 31 heavy (non-hydrogen) atoms. The molecule has 0 aliphatic carbocycles. The zero-order valence-corrected chi connectivity index (χ0v) is 18.0. The van der Waals surface area contributed by atoms with Gasteiger partial charge in [0.2, 0.25) is 0 Å². The average molecular weight is 419 g/mol. The van der Waals surface area contributed by atoms with Gasteiger partial charge in [-0.2, -0.15) is 0 Å². The van der Waals surface area contributed by atoms with Crippen molar-refractivity contribution < 1.29 is 13.9 Å². The molecule has 5 rings (SSSR count). The molecule has 0 spiro atoms. The van der Waals surface area contributed by atoms with Gasteiger partial charge < -0.3 is 14.1 Å². The maximum absolute atomic E-state index is 12.6. The number of hydrogen-bond donors (Lipinski definition) is 0. The number of rotatable bonds is 5. The van der Waals surface area contributed by atoms with Crippen molar-refractivity contribution in [3.8, 4) is 5.75 Å². The summed E-state index contributed by atoms with van der Waals surface area (Å²) in [5.74, 6) is 2.02. The topological polar surface area (TPSA) is 45.9 Å². The van der Waals surface area contributed by atoms with Crippen LogP contribution in [0.3, 0.4) is 0 Å². The van der Waals surface area contributed by atoms with Gasteiger partial charge in [-0.05, 0) is 68.5 Å². The zero-order chi connectivity index (χ0) is 21.0. The molecule has 3 heterocycles. The van der Waals surface area contributed by atoms with Crippen molar-refractivity contribution in [1.29, 1.82) is 0 Å². The van der Waals surface area contributed by atoms with E-state index in [2.05, 4.69) is 17.0 Å². The number of likely N-dealkylation sites (tertiary alicyclic amines) is 2. The van der Waals surface area contributed by atoms with Crippen LogP contribution in [0.5, 0.6) is 5.75 Å². The third-order valence-corrected chi connectivity index (χ3v) is 6.44. The first-order chi connectivity index (χ1) is 15.2. The molecule has 2 aliphatic heterocycles. The molecule has 2 aromatic carbocycles. The summed E-state index contributed by atoms with van der Waals surface area (Å²) in [5.41, 5.74) is 1.72. The Balaban J connectivity index is 1.11. The number of amides is 1. The molecule has 5 nitrogen and oxygen atoms in total. The van der Waals surface area contributed by atoms with Gasteiger partial charge >= 0.3 is 0 Å². The quantitative estimate of drug-likeness (QED) is 0.578. The van der Waals surface area contributed by atoms with Crippen molar-refractivity contribution in [2.75, 3.05) is 26.2 Å². The van der Waals surface area contributed by atoms with Crippen LogP contribution in [-0.4, -0.2) is 48.0 Å². The Bertz CT molecular complexity index is 980. The summed E-state index contributed by atoms with van der Waals surface area (Å²) in [6.07, 6.45) is 5.66. The fourth-order valence-electron chi connectivity index (χ4n) is 4.67. The molecule has 2 saturated heterocycles. The molecule has 2 fully saturated rings. The predicted octanol–water partition coefficient (Wildman–Crippen LogP) is 5.10. The summed E-state index contributed by atoms with van der Waals surface area (Å²) >= 11 is 0. The van der Waals surface area contributed by atoms with Gasteiger partial charge in [-0.1, -0.05) is 18.2 Å². The van der Waals surface area contributed by atoms with E-state index in [1.54, 1.807) is 0 Å². The van der Waals surface area contributed by atoms with Gasteiger partial charge in [0.05, 0.1) is 6.54 Å². The Hall–Kier alpha value is -2.79. The second kappa shape index (κ2) is 9.15. The van der Waals surface area contributed by atoms with Gasteiger partial charge in [-0.3, -0.25) is 9.69 Å². The number of piperidine rings is 2. The lowest BCUT2D eigenvalue weighted by molar-refractivity contribution is 0.0724. The smallest absolute Gasteiger partial charge is 0.253 e. The summed E-state index contributed by atoms with van der Waals surface area (Å²) in [6.45, 7) is 4.59. The molecule has 0 unspecified atom stereocenters. The summed E-state index contributed by atoms with van der Waals surface area (Å²) in [7, 11) is 0. The first-order valence-corrected chi connectivity index (χ1v) is 11.5. The van der Waals surface area contributed by atoms with Crippen molar-refractivity contribution in [2.24, 2.45) is 0 Å². The number of para-hydroxylation sites is 1. The monoisotopic (exact) mass is 418 g/mol. The van der Waals surface area contributed by atoms with Gasteiger partial charge in [-0.25, -0.2) is 0 Å². The lowest BCUT2D eigenvalue weighted by atomic mass is 10.1. The standard InChI is InChI=1S/C26H30N2O3/c29-26(28-14-4-1-5-15-28)20-8-10-22(11-9-20)30-23-12-16-27(17-13-23)19-24-18-21-6-2-3-7-25(21)31-24/h2-3,6-11,18,23H,1,4-5,12-17,19H2. The van der Waals surface area contributed by atoms with E-state index >= 15 is 0 Å². The Kier molecular flexibility index (Phi) is 5.94. The first kappa shape index (κ1) is 20.1. The van der Waals surface area contributed by atoms with Gasteiger partial charge in [0, 0.05) is 37.1 Å². The molecule has 3 aromatic rings. The minimum absolute atomic E-state index is 0.144. The number of carbonyl (C=O) groups excluding carboxylic acids is 1. The molecule has 162 valence electrons. The van der Waals surface area contributed by atoms with Crippen molar-refractivity contribution >= 4 is 16.9 Å². The van der Waals surface area contributed by atoms with Crippen molar-refractivity contribution in [2.45, 2.75) is 44.8 Å². The number of carbonyl (C=O) groups is 1. The maximum atomic E-state index is 12.6. The third-order valence-electron chi connectivity index (χ3n) is 6.44. The Morgan fingerprint density at radius 1 is 0.935 bits per heavy atom. The minimum Gasteiger partial charge on any atom is -0.490 e. The molecular formula is C26H30N2O3. The molecule has 1 amide bonds. The first-order valence-electron chi connectivity index (χ1n) is 11.5. The molecule has 1 aromatic heterocycles. The Morgan fingerprint density at radius 2 is 1.68 bits per heavy atom. The lowest BCUT2D eigenvalue weighted by Crippen LogP contribution is -2.37. The van der Waals surface area contributed by atoms with Crippen LogP contribution in [0.4, 0.5) is 0 Å². The van der Waals surface area contributed by atoms with Gasteiger partial charge in [0.25, 0.3) is 5.91 Å². The van der Waals surface area contributed by atoms with E-state index in [9.17, 15) is 4.79 Å². The summed E-state index contributed by atoms with van der Waals surface area (Å²) < 4.78 is 12.2. The van der Waals surface area contributed by atoms with Crippen LogP contribution in [-0.2, 0) is 6.54 Å². The highest BCUT2D eigenvalue weighted by Gasteiger charge is 2.22. The molecule has 0 atom stereocenters. The molecule has 0 radical (unpaired) electrons. The van der Waals surface area contributed by atoms with E-state index < -0.39 is 0 Å². The van der Waals surface area contributed by atoms with Crippen LogP contribution >= 0.6 is 0 Å². The van der Waals surface area contributed by atoms with E-state index in [1.165, 1.54) is 6.42 Å². The van der Waals surface area contributed by atoms with Crippen LogP contribution in [0, 0.1) is 0 Å². The number of furan rings is 1. The summed E-state index contributed by atoms with van der Waals surface area (Å²) in [5, 5.41) is 1.16. The second-order valence-corrected chi connectivity index (χ2v) is 8.72. The highest BCUT2D eigenvalue weighted by molar-refractivity contribution is 5.94. The molecule has 0 N–H and O–H groups in total. The van der Waals surface area contributed by atoms with Gasteiger partial charge in [0.1, 0.15) is 23.2 Å². The maximum Gasteiger partial charge on any atom is 0.253 e. The fourth-order valence-corrected chi connectivity index (χ4v) is 4.67. The third kappa shape index (κ3) is 4.77. The van der Waals surface area contributed by atoms with E-state index in [0.29, 0.717) is 0 Å². The van der Waals surface area contributed by atoms with Crippen LogP contribution < -0.4 is 4.74 Å². The molecule has 0 saturated carbocycles. The molecule has 2 aliphatic rings. The lowest BCUT2D eigenvalue weighted by Gasteiger charge is -2.31. The van der Waals surface area contributed by atoms with Crippen molar-refractivity contribution in [1.82, 2.24) is 9.80 Å². The Morgan fingerprint density at radius 3 is 2.42 bits per heavy atom. The summed E-state index contributed by atoms with van der Waals surface area (Å²) in [4.78, 5) is 17.0. The van der Waals surface area contributed by atoms with Crippen LogP contribution in [0.15, 0.2) is 59.0 Å². The van der Waals surface area contributed by atoms with E-state index in [4.69, 9.17) is 9.15 Å². The fraction of sp³-hybridized carbons (Fsp3) is 0.423. The van der Waals surface area contributed by atoms with Crippen LogP contribution in [0.1, 0.15) is 48.2 Å². The van der Waals surface area contributed by atoms with Crippen LogP contribution in [0.2, 0.25) is 0 Å². The van der Waals surface area contributed by atoms with Crippen molar-refractivity contribution in [3.05, 3.63) is 65.9 Å². The number of hydrogen-bond acceptors (Lipinski definition) is 4. The minimum atomic E-state index is 0.144. The molecule has 5 heteroatoms. The highest BCUT2D eigenvalue weighted by Crippen LogP contribution is 2.24. The van der Waals surface area contributed by atoms with E-state index in [-0.39, 0.29) is 12.0 Å². The number of fused-ring (bicyclic) bond motifs is 1. The molecule has 0 bridgehead atoms. The van der Waals surface area contributed by atoms with Crippen molar-refractivity contribution in [3.63, 3.8) is 0 Å². The van der Waals surface area contributed by atoms with Gasteiger partial charge in [0.15, 0.2) is 0 Å². The number of ether oxygens (including phenoxy) is 1. The summed E-state index contributed by atoms with van der Waals surface area (Å²) in [6, 6.07) is 18.0. The number of benzene rings is 2. The van der Waals surface area contributed by atoms with E-state index in [1.807, 2.05) is 47.4 Å².